The lowest BCUT2D eigenvalue weighted by atomic mass is 10.1. The fourth-order valence-electron chi connectivity index (χ4n) is 1.79. The van der Waals surface area contributed by atoms with Crippen LogP contribution in [0.25, 0.3) is 0 Å². The van der Waals surface area contributed by atoms with Crippen LogP contribution in [-0.2, 0) is 4.79 Å². The Bertz CT molecular complexity index is 550. The van der Waals surface area contributed by atoms with Gasteiger partial charge < -0.3 is 19.5 Å². The summed E-state index contributed by atoms with van der Waals surface area (Å²) in [5.74, 6) is -2.48. The van der Waals surface area contributed by atoms with Gasteiger partial charge in [-0.3, -0.25) is 9.59 Å². The molecule has 0 radical (unpaired) electrons. The van der Waals surface area contributed by atoms with Crippen LogP contribution >= 0.6 is 0 Å². The largest absolute Gasteiger partial charge is 0.493 e. The number of carbonyl (C=O) groups is 2. The lowest BCUT2D eigenvalue weighted by molar-refractivity contribution is -0.141. The summed E-state index contributed by atoms with van der Waals surface area (Å²) >= 11 is 0. The molecule has 122 valence electrons. The zero-order chi connectivity index (χ0) is 16.9. The number of amides is 1. The van der Waals surface area contributed by atoms with Crippen molar-refractivity contribution in [3.05, 3.63) is 23.8 Å². The molecule has 6 nitrogen and oxygen atoms in total. The Morgan fingerprint density at radius 3 is 2.45 bits per heavy atom. The second kappa shape index (κ2) is 7.58. The number of nitrogens with zero attached hydrogens (tertiary/aromatic N) is 1. The van der Waals surface area contributed by atoms with Crippen LogP contribution in [-0.4, -0.2) is 49.2 Å². The van der Waals surface area contributed by atoms with Gasteiger partial charge in [-0.05, 0) is 18.2 Å². The summed E-state index contributed by atoms with van der Waals surface area (Å²) in [4.78, 5) is 24.2. The molecule has 0 aliphatic heterocycles. The van der Waals surface area contributed by atoms with Crippen LogP contribution in [0, 0.1) is 5.92 Å². The number of halogens is 2. The Balaban J connectivity index is 2.95. The SMILES string of the molecule is COc1ccc(C(=O)N(C)CC(C)C(=O)O)cc1OC(F)F. The summed E-state index contributed by atoms with van der Waals surface area (Å²) in [5, 5.41) is 8.84. The van der Waals surface area contributed by atoms with E-state index in [1.807, 2.05) is 0 Å². The number of ether oxygens (including phenoxy) is 2. The minimum absolute atomic E-state index is 0.00870. The van der Waals surface area contributed by atoms with Crippen molar-refractivity contribution in [2.24, 2.45) is 5.92 Å². The Hall–Kier alpha value is -2.38. The number of rotatable bonds is 7. The van der Waals surface area contributed by atoms with E-state index >= 15 is 0 Å². The van der Waals surface area contributed by atoms with Gasteiger partial charge in [0.2, 0.25) is 0 Å². The summed E-state index contributed by atoms with van der Waals surface area (Å²) in [6.07, 6.45) is 0. The highest BCUT2D eigenvalue weighted by Gasteiger charge is 2.20. The first-order valence-corrected chi connectivity index (χ1v) is 6.37. The molecule has 1 atom stereocenters. The molecule has 0 aromatic heterocycles. The van der Waals surface area contributed by atoms with E-state index in [-0.39, 0.29) is 23.6 Å². The summed E-state index contributed by atoms with van der Waals surface area (Å²) in [6.45, 7) is -1.60. The Kier molecular flexibility index (Phi) is 6.09. The first-order valence-electron chi connectivity index (χ1n) is 6.37. The van der Waals surface area contributed by atoms with Crippen molar-refractivity contribution in [1.29, 1.82) is 0 Å². The zero-order valence-electron chi connectivity index (χ0n) is 12.4. The summed E-state index contributed by atoms with van der Waals surface area (Å²) in [7, 11) is 2.72. The molecular formula is C14H17F2NO5. The van der Waals surface area contributed by atoms with E-state index in [1.165, 1.54) is 38.1 Å². The minimum Gasteiger partial charge on any atom is -0.493 e. The highest BCUT2D eigenvalue weighted by molar-refractivity contribution is 5.95. The fraction of sp³-hybridized carbons (Fsp3) is 0.429. The quantitative estimate of drug-likeness (QED) is 0.833. The van der Waals surface area contributed by atoms with E-state index in [0.717, 1.165) is 6.07 Å². The maximum atomic E-state index is 12.4. The number of carboxylic acid groups (broad SMARTS) is 1. The van der Waals surface area contributed by atoms with Gasteiger partial charge in [0.15, 0.2) is 11.5 Å². The van der Waals surface area contributed by atoms with Crippen LogP contribution in [0.3, 0.4) is 0 Å². The van der Waals surface area contributed by atoms with E-state index in [4.69, 9.17) is 9.84 Å². The molecule has 1 unspecified atom stereocenters. The molecule has 0 saturated carbocycles. The minimum atomic E-state index is -3.05. The van der Waals surface area contributed by atoms with Gasteiger partial charge >= 0.3 is 12.6 Å². The van der Waals surface area contributed by atoms with E-state index in [2.05, 4.69) is 4.74 Å². The second-order valence-corrected chi connectivity index (χ2v) is 4.67. The molecule has 8 heteroatoms. The first kappa shape index (κ1) is 17.7. The van der Waals surface area contributed by atoms with Crippen molar-refractivity contribution in [2.75, 3.05) is 20.7 Å². The monoisotopic (exact) mass is 317 g/mol. The number of aliphatic carboxylic acids is 1. The number of carbonyl (C=O) groups excluding carboxylic acids is 1. The molecule has 1 rings (SSSR count). The van der Waals surface area contributed by atoms with Gasteiger partial charge in [0.05, 0.1) is 13.0 Å². The summed E-state index contributed by atoms with van der Waals surface area (Å²) in [6, 6.07) is 3.86. The van der Waals surface area contributed by atoms with E-state index in [1.54, 1.807) is 0 Å². The Labute approximate surface area is 126 Å². The van der Waals surface area contributed by atoms with E-state index in [0.29, 0.717) is 0 Å². The van der Waals surface area contributed by atoms with Gasteiger partial charge in [-0.2, -0.15) is 8.78 Å². The van der Waals surface area contributed by atoms with Crippen molar-refractivity contribution in [3.63, 3.8) is 0 Å². The number of methoxy groups -OCH3 is 1. The smallest absolute Gasteiger partial charge is 0.387 e. The number of alkyl halides is 2. The molecule has 0 heterocycles. The van der Waals surface area contributed by atoms with Crippen molar-refractivity contribution in [2.45, 2.75) is 13.5 Å². The highest BCUT2D eigenvalue weighted by Crippen LogP contribution is 2.29. The fourth-order valence-corrected chi connectivity index (χ4v) is 1.79. The highest BCUT2D eigenvalue weighted by atomic mass is 19.3. The van der Waals surface area contributed by atoms with Crippen LogP contribution < -0.4 is 9.47 Å². The zero-order valence-corrected chi connectivity index (χ0v) is 12.4. The van der Waals surface area contributed by atoms with Crippen molar-refractivity contribution in [1.82, 2.24) is 4.90 Å². The van der Waals surface area contributed by atoms with E-state index < -0.39 is 24.4 Å². The Morgan fingerprint density at radius 2 is 1.95 bits per heavy atom. The van der Waals surface area contributed by atoms with Crippen LogP contribution in [0.2, 0.25) is 0 Å². The normalized spacial score (nSPS) is 11.9. The molecule has 0 aliphatic carbocycles. The molecule has 0 aliphatic rings. The average molecular weight is 317 g/mol. The number of hydrogen-bond donors (Lipinski definition) is 1. The first-order chi connectivity index (χ1) is 10.3. The molecule has 0 spiro atoms. The molecule has 1 N–H and O–H groups in total. The predicted molar refractivity (Wildman–Crippen MR) is 73.4 cm³/mol. The molecule has 0 fully saturated rings. The van der Waals surface area contributed by atoms with Gasteiger partial charge in [-0.25, -0.2) is 0 Å². The maximum absolute atomic E-state index is 12.4. The van der Waals surface area contributed by atoms with Crippen LogP contribution in [0.15, 0.2) is 18.2 Å². The van der Waals surface area contributed by atoms with Crippen LogP contribution in [0.1, 0.15) is 17.3 Å². The lowest BCUT2D eigenvalue weighted by Gasteiger charge is -2.20. The van der Waals surface area contributed by atoms with Gasteiger partial charge in [0, 0.05) is 19.2 Å². The number of benzene rings is 1. The van der Waals surface area contributed by atoms with Crippen LogP contribution in [0.5, 0.6) is 11.5 Å². The standard InChI is InChI=1S/C14H17F2NO5/c1-8(13(19)20)7-17(2)12(18)9-4-5-10(21-3)11(6-9)22-14(15)16/h4-6,8,14H,7H2,1-3H3,(H,19,20). The topological polar surface area (TPSA) is 76.1 Å². The van der Waals surface area contributed by atoms with Crippen molar-refractivity contribution in [3.8, 4) is 11.5 Å². The van der Waals surface area contributed by atoms with Crippen molar-refractivity contribution >= 4 is 11.9 Å². The number of carboxylic acids is 1. The lowest BCUT2D eigenvalue weighted by Crippen LogP contribution is -2.33. The molecule has 1 aromatic carbocycles. The summed E-state index contributed by atoms with van der Waals surface area (Å²) in [5.41, 5.74) is 0.0940. The predicted octanol–water partition coefficient (Wildman–Crippen LogP) is 2.09. The van der Waals surface area contributed by atoms with Gasteiger partial charge in [-0.15, -0.1) is 0 Å². The molecule has 1 aromatic rings. The third-order valence-electron chi connectivity index (χ3n) is 2.94. The van der Waals surface area contributed by atoms with E-state index in [9.17, 15) is 18.4 Å². The molecule has 0 saturated heterocycles. The second-order valence-electron chi connectivity index (χ2n) is 4.67. The average Bonchev–Trinajstić information content (AvgIpc) is 2.45. The molecular weight excluding hydrogens is 300 g/mol. The summed E-state index contributed by atoms with van der Waals surface area (Å²) < 4.78 is 33.9. The molecule has 1 amide bonds. The van der Waals surface area contributed by atoms with Crippen molar-refractivity contribution < 1.29 is 33.0 Å². The van der Waals surface area contributed by atoms with Gasteiger partial charge in [0.1, 0.15) is 0 Å². The van der Waals surface area contributed by atoms with Gasteiger partial charge in [0.25, 0.3) is 5.91 Å². The number of hydrogen-bond acceptors (Lipinski definition) is 4. The Morgan fingerprint density at radius 1 is 1.32 bits per heavy atom. The maximum Gasteiger partial charge on any atom is 0.387 e. The van der Waals surface area contributed by atoms with Gasteiger partial charge in [-0.1, -0.05) is 6.92 Å². The third-order valence-corrected chi connectivity index (χ3v) is 2.94. The van der Waals surface area contributed by atoms with Crippen LogP contribution in [0.4, 0.5) is 8.78 Å². The molecule has 0 bridgehead atoms. The third kappa shape index (κ3) is 4.57. The molecule has 22 heavy (non-hydrogen) atoms.